The standard InChI is InChI=1S/C22H22N2O3/c25-15-16-5-7-18(8-6-16)22(27)23-13-11-19(12-14-23)24-20-4-2-1-3-17(20)9-10-21(24)26/h1-8,15,19H,9-14H2. The Morgan fingerprint density at radius 2 is 1.67 bits per heavy atom. The van der Waals surface area contributed by atoms with Crippen molar-refractivity contribution in [1.29, 1.82) is 0 Å². The Morgan fingerprint density at radius 1 is 0.963 bits per heavy atom. The van der Waals surface area contributed by atoms with E-state index in [0.29, 0.717) is 30.6 Å². The lowest BCUT2D eigenvalue weighted by atomic mass is 9.95. The predicted octanol–water partition coefficient (Wildman–Crippen LogP) is 3.08. The second-order valence-electron chi connectivity index (χ2n) is 7.16. The zero-order chi connectivity index (χ0) is 18.8. The van der Waals surface area contributed by atoms with Crippen molar-refractivity contribution in [2.24, 2.45) is 0 Å². The monoisotopic (exact) mass is 362 g/mol. The van der Waals surface area contributed by atoms with Crippen molar-refractivity contribution < 1.29 is 14.4 Å². The molecule has 5 heteroatoms. The van der Waals surface area contributed by atoms with Gasteiger partial charge in [-0.25, -0.2) is 0 Å². The van der Waals surface area contributed by atoms with Gasteiger partial charge >= 0.3 is 0 Å². The minimum Gasteiger partial charge on any atom is -0.338 e. The van der Waals surface area contributed by atoms with Crippen molar-refractivity contribution in [3.63, 3.8) is 0 Å². The summed E-state index contributed by atoms with van der Waals surface area (Å²) in [5, 5.41) is 0. The number of rotatable bonds is 3. The van der Waals surface area contributed by atoms with Crippen molar-refractivity contribution in [1.82, 2.24) is 4.90 Å². The summed E-state index contributed by atoms with van der Waals surface area (Å²) in [6, 6.07) is 15.0. The molecule has 0 spiro atoms. The van der Waals surface area contributed by atoms with Gasteiger partial charge in [-0.2, -0.15) is 0 Å². The average Bonchev–Trinajstić information content (AvgIpc) is 2.73. The number of nitrogens with zero attached hydrogens (tertiary/aromatic N) is 2. The summed E-state index contributed by atoms with van der Waals surface area (Å²) in [5.74, 6) is 0.166. The summed E-state index contributed by atoms with van der Waals surface area (Å²) in [6.45, 7) is 1.26. The normalized spacial score (nSPS) is 17.6. The van der Waals surface area contributed by atoms with E-state index in [1.54, 1.807) is 24.3 Å². The van der Waals surface area contributed by atoms with E-state index in [2.05, 4.69) is 6.07 Å². The molecule has 138 valence electrons. The first-order valence-corrected chi connectivity index (χ1v) is 9.42. The van der Waals surface area contributed by atoms with Gasteiger partial charge in [0, 0.05) is 42.4 Å². The van der Waals surface area contributed by atoms with Crippen LogP contribution in [0.4, 0.5) is 5.69 Å². The number of anilines is 1. The largest absolute Gasteiger partial charge is 0.338 e. The molecule has 0 aliphatic carbocycles. The highest BCUT2D eigenvalue weighted by Gasteiger charge is 2.33. The maximum absolute atomic E-state index is 12.7. The van der Waals surface area contributed by atoms with E-state index in [4.69, 9.17) is 0 Å². The van der Waals surface area contributed by atoms with Crippen LogP contribution in [0.5, 0.6) is 0 Å². The van der Waals surface area contributed by atoms with Gasteiger partial charge in [0.15, 0.2) is 0 Å². The first-order chi connectivity index (χ1) is 13.2. The van der Waals surface area contributed by atoms with E-state index in [9.17, 15) is 14.4 Å². The molecule has 1 saturated heterocycles. The van der Waals surface area contributed by atoms with E-state index in [1.165, 1.54) is 5.56 Å². The molecule has 0 N–H and O–H groups in total. The van der Waals surface area contributed by atoms with Gasteiger partial charge in [0.05, 0.1) is 0 Å². The molecule has 4 rings (SSSR count). The molecule has 0 radical (unpaired) electrons. The molecule has 0 atom stereocenters. The second kappa shape index (κ2) is 7.35. The number of carbonyl (C=O) groups is 3. The average molecular weight is 362 g/mol. The lowest BCUT2D eigenvalue weighted by Crippen LogP contribution is -2.50. The molecule has 2 aromatic rings. The van der Waals surface area contributed by atoms with Crippen LogP contribution in [0.25, 0.3) is 0 Å². The van der Waals surface area contributed by atoms with Gasteiger partial charge < -0.3 is 9.80 Å². The molecular weight excluding hydrogens is 340 g/mol. The Hall–Kier alpha value is -2.95. The van der Waals surface area contributed by atoms with Crippen LogP contribution in [-0.4, -0.2) is 42.1 Å². The van der Waals surface area contributed by atoms with E-state index < -0.39 is 0 Å². The van der Waals surface area contributed by atoms with Crippen molar-refractivity contribution in [3.05, 3.63) is 65.2 Å². The molecule has 5 nitrogen and oxygen atoms in total. The van der Waals surface area contributed by atoms with Crippen LogP contribution in [0.15, 0.2) is 48.5 Å². The zero-order valence-corrected chi connectivity index (χ0v) is 15.1. The third-order valence-corrected chi connectivity index (χ3v) is 5.54. The fourth-order valence-electron chi connectivity index (χ4n) is 4.07. The van der Waals surface area contributed by atoms with E-state index in [0.717, 1.165) is 31.2 Å². The molecule has 27 heavy (non-hydrogen) atoms. The van der Waals surface area contributed by atoms with Gasteiger partial charge in [-0.05, 0) is 43.0 Å². The summed E-state index contributed by atoms with van der Waals surface area (Å²) in [6.07, 6.45) is 3.68. The molecule has 2 aromatic carbocycles. The topological polar surface area (TPSA) is 57.7 Å². The maximum atomic E-state index is 12.7. The summed E-state index contributed by atoms with van der Waals surface area (Å²) < 4.78 is 0. The Bertz CT molecular complexity index is 867. The zero-order valence-electron chi connectivity index (χ0n) is 15.1. The van der Waals surface area contributed by atoms with Crippen molar-refractivity contribution in [2.75, 3.05) is 18.0 Å². The molecule has 1 fully saturated rings. The Kier molecular flexibility index (Phi) is 4.75. The molecule has 0 bridgehead atoms. The summed E-state index contributed by atoms with van der Waals surface area (Å²) >= 11 is 0. The SMILES string of the molecule is O=Cc1ccc(C(=O)N2CCC(N3C(=O)CCc4ccccc43)CC2)cc1. The first-order valence-electron chi connectivity index (χ1n) is 9.42. The Morgan fingerprint density at radius 3 is 2.37 bits per heavy atom. The number of carbonyl (C=O) groups excluding carboxylic acids is 3. The van der Waals surface area contributed by atoms with Crippen LogP contribution in [0, 0.1) is 0 Å². The fraction of sp³-hybridized carbons (Fsp3) is 0.318. The van der Waals surface area contributed by atoms with Gasteiger partial charge in [-0.1, -0.05) is 30.3 Å². The van der Waals surface area contributed by atoms with E-state index >= 15 is 0 Å². The number of fused-ring (bicyclic) bond motifs is 1. The van der Waals surface area contributed by atoms with E-state index in [1.807, 2.05) is 28.0 Å². The highest BCUT2D eigenvalue weighted by atomic mass is 16.2. The van der Waals surface area contributed by atoms with Gasteiger partial charge in [0.1, 0.15) is 6.29 Å². The van der Waals surface area contributed by atoms with Gasteiger partial charge in [-0.15, -0.1) is 0 Å². The Labute approximate surface area is 158 Å². The Balaban J connectivity index is 1.45. The summed E-state index contributed by atoms with van der Waals surface area (Å²) in [5.41, 5.74) is 3.42. The molecule has 0 unspecified atom stereocenters. The van der Waals surface area contributed by atoms with Crippen LogP contribution >= 0.6 is 0 Å². The lowest BCUT2D eigenvalue weighted by Gasteiger charge is -2.41. The highest BCUT2D eigenvalue weighted by molar-refractivity contribution is 5.97. The summed E-state index contributed by atoms with van der Waals surface area (Å²) in [4.78, 5) is 39.8. The smallest absolute Gasteiger partial charge is 0.253 e. The quantitative estimate of drug-likeness (QED) is 0.789. The number of para-hydroxylation sites is 1. The number of piperidine rings is 1. The molecule has 2 aliphatic rings. The number of hydrogen-bond donors (Lipinski definition) is 0. The van der Waals surface area contributed by atoms with Crippen LogP contribution in [0.3, 0.4) is 0 Å². The fourth-order valence-corrected chi connectivity index (χ4v) is 4.07. The van der Waals surface area contributed by atoms with Crippen molar-refractivity contribution in [2.45, 2.75) is 31.7 Å². The van der Waals surface area contributed by atoms with Crippen molar-refractivity contribution >= 4 is 23.8 Å². The van der Waals surface area contributed by atoms with Crippen molar-refractivity contribution in [3.8, 4) is 0 Å². The third kappa shape index (κ3) is 3.37. The van der Waals surface area contributed by atoms with Crippen LogP contribution in [0.2, 0.25) is 0 Å². The van der Waals surface area contributed by atoms with Gasteiger partial charge in [0.2, 0.25) is 5.91 Å². The van der Waals surface area contributed by atoms with Crippen LogP contribution in [0.1, 0.15) is 45.5 Å². The predicted molar refractivity (Wildman–Crippen MR) is 103 cm³/mol. The highest BCUT2D eigenvalue weighted by Crippen LogP contribution is 2.32. The van der Waals surface area contributed by atoms with Gasteiger partial charge in [-0.3, -0.25) is 14.4 Å². The van der Waals surface area contributed by atoms with Crippen LogP contribution in [-0.2, 0) is 11.2 Å². The number of benzene rings is 2. The second-order valence-corrected chi connectivity index (χ2v) is 7.16. The molecule has 2 aliphatic heterocycles. The molecule has 0 aromatic heterocycles. The minimum atomic E-state index is -0.0173. The number of hydrogen-bond acceptors (Lipinski definition) is 3. The first kappa shape index (κ1) is 17.5. The third-order valence-electron chi connectivity index (χ3n) is 5.54. The molecule has 0 saturated carbocycles. The number of aldehydes is 1. The van der Waals surface area contributed by atoms with Crippen LogP contribution < -0.4 is 4.90 Å². The number of amides is 2. The van der Waals surface area contributed by atoms with E-state index in [-0.39, 0.29) is 17.9 Å². The summed E-state index contributed by atoms with van der Waals surface area (Å²) in [7, 11) is 0. The molecular formula is C22H22N2O3. The number of likely N-dealkylation sites (tertiary alicyclic amines) is 1. The molecule has 2 amide bonds. The lowest BCUT2D eigenvalue weighted by molar-refractivity contribution is -0.119. The molecule has 2 heterocycles. The maximum Gasteiger partial charge on any atom is 0.253 e. The minimum absolute atomic E-state index is 0.0173. The number of aryl methyl sites for hydroxylation is 1. The van der Waals surface area contributed by atoms with Gasteiger partial charge in [0.25, 0.3) is 5.91 Å².